The number of benzene rings is 2. The number of halogens is 1. The van der Waals surface area contributed by atoms with Crippen LogP contribution in [0.4, 0.5) is 10.2 Å². The molecule has 0 unspecified atom stereocenters. The maximum absolute atomic E-state index is 13.2. The fourth-order valence-corrected chi connectivity index (χ4v) is 3.76. The molecule has 8 heteroatoms. The molecule has 3 aromatic rings. The topological polar surface area (TPSA) is 67.8 Å². The van der Waals surface area contributed by atoms with Crippen LogP contribution in [0.25, 0.3) is 11.3 Å². The van der Waals surface area contributed by atoms with Crippen LogP contribution in [0.5, 0.6) is 11.5 Å². The number of rotatable bonds is 6. The van der Waals surface area contributed by atoms with Crippen LogP contribution in [0.2, 0.25) is 0 Å². The van der Waals surface area contributed by atoms with Gasteiger partial charge in [-0.15, -0.1) is 0 Å². The van der Waals surface area contributed by atoms with E-state index >= 15 is 0 Å². The van der Waals surface area contributed by atoms with Crippen LogP contribution in [0.15, 0.2) is 54.9 Å². The van der Waals surface area contributed by atoms with E-state index in [1.54, 1.807) is 26.4 Å². The van der Waals surface area contributed by atoms with Crippen molar-refractivity contribution in [2.24, 2.45) is 0 Å². The summed E-state index contributed by atoms with van der Waals surface area (Å²) in [6.07, 6.45) is 1.82. The first kappa shape index (κ1) is 21.5. The van der Waals surface area contributed by atoms with Crippen LogP contribution in [0.1, 0.15) is 5.56 Å². The minimum atomic E-state index is -0.281. The van der Waals surface area contributed by atoms with Crippen LogP contribution in [0, 0.1) is 5.82 Å². The zero-order valence-corrected chi connectivity index (χ0v) is 18.1. The average molecular weight is 436 g/mol. The van der Waals surface area contributed by atoms with Gasteiger partial charge in [0.15, 0.2) is 11.5 Å². The smallest absolute Gasteiger partial charge is 0.227 e. The van der Waals surface area contributed by atoms with Crippen molar-refractivity contribution < 1.29 is 18.7 Å². The van der Waals surface area contributed by atoms with Crippen molar-refractivity contribution in [1.29, 1.82) is 0 Å². The zero-order chi connectivity index (χ0) is 22.5. The van der Waals surface area contributed by atoms with Gasteiger partial charge in [-0.25, -0.2) is 14.4 Å². The van der Waals surface area contributed by atoms with Crippen molar-refractivity contribution in [2.45, 2.75) is 6.42 Å². The Hall–Kier alpha value is -3.68. The van der Waals surface area contributed by atoms with E-state index in [1.165, 1.54) is 18.5 Å². The van der Waals surface area contributed by atoms with Crippen LogP contribution in [-0.4, -0.2) is 61.2 Å². The fourth-order valence-electron chi connectivity index (χ4n) is 3.76. The quantitative estimate of drug-likeness (QED) is 0.591. The molecule has 0 radical (unpaired) electrons. The minimum Gasteiger partial charge on any atom is -0.493 e. The second-order valence-electron chi connectivity index (χ2n) is 7.50. The highest BCUT2D eigenvalue weighted by atomic mass is 19.1. The Bertz CT molecular complexity index is 1080. The van der Waals surface area contributed by atoms with Gasteiger partial charge in [-0.1, -0.05) is 6.07 Å². The van der Waals surface area contributed by atoms with E-state index in [0.29, 0.717) is 44.1 Å². The summed E-state index contributed by atoms with van der Waals surface area (Å²) in [4.78, 5) is 25.5. The number of methoxy groups -OCH3 is 2. The lowest BCUT2D eigenvalue weighted by Gasteiger charge is -2.35. The fraction of sp³-hybridized carbons (Fsp3) is 0.292. The van der Waals surface area contributed by atoms with Crippen LogP contribution in [-0.2, 0) is 11.2 Å². The van der Waals surface area contributed by atoms with Gasteiger partial charge in [-0.3, -0.25) is 4.79 Å². The van der Waals surface area contributed by atoms with Gasteiger partial charge in [0.05, 0.1) is 26.3 Å². The molecule has 7 nitrogen and oxygen atoms in total. The van der Waals surface area contributed by atoms with Crippen molar-refractivity contribution in [1.82, 2.24) is 14.9 Å². The summed E-state index contributed by atoms with van der Waals surface area (Å²) >= 11 is 0. The van der Waals surface area contributed by atoms with Crippen molar-refractivity contribution >= 4 is 11.7 Å². The van der Waals surface area contributed by atoms with Crippen molar-refractivity contribution in [2.75, 3.05) is 45.3 Å². The maximum atomic E-state index is 13.2. The van der Waals surface area contributed by atoms with Gasteiger partial charge >= 0.3 is 0 Å². The largest absolute Gasteiger partial charge is 0.493 e. The molecule has 0 spiro atoms. The monoisotopic (exact) mass is 436 g/mol. The zero-order valence-electron chi connectivity index (χ0n) is 18.1. The third-order valence-electron chi connectivity index (χ3n) is 5.55. The number of piperazine rings is 1. The molecular formula is C24H25FN4O3. The van der Waals surface area contributed by atoms with Crippen molar-refractivity contribution in [3.05, 3.63) is 66.2 Å². The third kappa shape index (κ3) is 4.80. The Morgan fingerprint density at radius 1 is 0.938 bits per heavy atom. The van der Waals surface area contributed by atoms with Crippen LogP contribution < -0.4 is 14.4 Å². The average Bonchev–Trinajstić information content (AvgIpc) is 2.84. The van der Waals surface area contributed by atoms with Gasteiger partial charge in [0.2, 0.25) is 5.91 Å². The molecule has 166 valence electrons. The summed E-state index contributed by atoms with van der Waals surface area (Å²) in [5.41, 5.74) is 2.45. The lowest BCUT2D eigenvalue weighted by atomic mass is 10.1. The summed E-state index contributed by atoms with van der Waals surface area (Å²) in [5.74, 6) is 1.85. The van der Waals surface area contributed by atoms with E-state index in [1.807, 2.05) is 29.2 Å². The molecule has 4 rings (SSSR count). The molecule has 1 aliphatic heterocycles. The van der Waals surface area contributed by atoms with Gasteiger partial charge in [0.25, 0.3) is 0 Å². The molecular weight excluding hydrogens is 411 g/mol. The van der Waals surface area contributed by atoms with E-state index in [4.69, 9.17) is 9.47 Å². The van der Waals surface area contributed by atoms with Gasteiger partial charge in [-0.2, -0.15) is 0 Å². The van der Waals surface area contributed by atoms with Gasteiger partial charge < -0.3 is 19.3 Å². The van der Waals surface area contributed by atoms with E-state index in [2.05, 4.69) is 14.9 Å². The molecule has 0 N–H and O–H groups in total. The third-order valence-corrected chi connectivity index (χ3v) is 5.55. The lowest BCUT2D eigenvalue weighted by Crippen LogP contribution is -2.49. The summed E-state index contributed by atoms with van der Waals surface area (Å²) in [6.45, 7) is 2.58. The lowest BCUT2D eigenvalue weighted by molar-refractivity contribution is -0.130. The number of anilines is 1. The Morgan fingerprint density at radius 2 is 1.66 bits per heavy atom. The molecule has 0 aliphatic carbocycles. The number of nitrogens with zero attached hydrogens (tertiary/aromatic N) is 4. The Balaban J connectivity index is 1.37. The highest BCUT2D eigenvalue weighted by Crippen LogP contribution is 2.28. The van der Waals surface area contributed by atoms with E-state index < -0.39 is 0 Å². The Morgan fingerprint density at radius 3 is 2.34 bits per heavy atom. The number of aromatic nitrogens is 2. The summed E-state index contributed by atoms with van der Waals surface area (Å²) in [5, 5.41) is 0. The first-order valence-electron chi connectivity index (χ1n) is 10.4. The molecule has 0 saturated carbocycles. The molecule has 0 bridgehead atoms. The second kappa shape index (κ2) is 9.64. The van der Waals surface area contributed by atoms with E-state index in [-0.39, 0.29) is 11.7 Å². The van der Waals surface area contributed by atoms with Crippen molar-refractivity contribution in [3.8, 4) is 22.8 Å². The minimum absolute atomic E-state index is 0.0755. The molecule has 0 atom stereocenters. The summed E-state index contributed by atoms with van der Waals surface area (Å²) < 4.78 is 23.8. The number of ether oxygens (including phenoxy) is 2. The maximum Gasteiger partial charge on any atom is 0.227 e. The first-order valence-corrected chi connectivity index (χ1v) is 10.4. The van der Waals surface area contributed by atoms with Crippen molar-refractivity contribution in [3.63, 3.8) is 0 Å². The number of amides is 1. The van der Waals surface area contributed by atoms with Crippen LogP contribution >= 0.6 is 0 Å². The number of carbonyl (C=O) groups is 1. The highest BCUT2D eigenvalue weighted by molar-refractivity contribution is 5.79. The van der Waals surface area contributed by atoms with Gasteiger partial charge in [0, 0.05) is 37.8 Å². The molecule has 1 aliphatic rings. The summed E-state index contributed by atoms with van der Waals surface area (Å²) in [7, 11) is 3.17. The van der Waals surface area contributed by atoms with E-state index in [9.17, 15) is 9.18 Å². The first-order chi connectivity index (χ1) is 15.6. The summed E-state index contributed by atoms with van der Waals surface area (Å²) in [6, 6.07) is 13.7. The molecule has 1 saturated heterocycles. The number of carbonyl (C=O) groups excluding carboxylic acids is 1. The van der Waals surface area contributed by atoms with Gasteiger partial charge in [-0.05, 0) is 42.0 Å². The number of hydrogen-bond acceptors (Lipinski definition) is 6. The Labute approximate surface area is 186 Å². The SMILES string of the molecule is COc1ccc(CC(=O)N2CCN(c3cc(-c4ccc(F)cc4)ncn3)CC2)cc1OC. The van der Waals surface area contributed by atoms with Gasteiger partial charge in [0.1, 0.15) is 18.0 Å². The number of hydrogen-bond donors (Lipinski definition) is 0. The van der Waals surface area contributed by atoms with E-state index in [0.717, 1.165) is 22.6 Å². The molecule has 32 heavy (non-hydrogen) atoms. The predicted molar refractivity (Wildman–Crippen MR) is 119 cm³/mol. The highest BCUT2D eigenvalue weighted by Gasteiger charge is 2.22. The molecule has 1 aromatic heterocycles. The second-order valence-corrected chi connectivity index (χ2v) is 7.50. The van der Waals surface area contributed by atoms with Crippen LogP contribution in [0.3, 0.4) is 0 Å². The Kier molecular flexibility index (Phi) is 6.49. The normalized spacial score (nSPS) is 13.7. The standard InChI is InChI=1S/C24H25FN4O3/c1-31-21-8-3-17(13-22(21)32-2)14-24(30)29-11-9-28(10-12-29)23-15-20(26-16-27-23)18-4-6-19(25)7-5-18/h3-8,13,15-16H,9-12,14H2,1-2H3. The predicted octanol–water partition coefficient (Wildman–Crippen LogP) is 3.19. The molecule has 2 heterocycles. The molecule has 2 aromatic carbocycles. The molecule has 1 fully saturated rings. The molecule has 1 amide bonds.